The lowest BCUT2D eigenvalue weighted by molar-refractivity contribution is 0.0997. The third kappa shape index (κ3) is 3.44. The van der Waals surface area contributed by atoms with Gasteiger partial charge in [0.1, 0.15) is 11.5 Å². The average Bonchev–Trinajstić information content (AvgIpc) is 3.41. The van der Waals surface area contributed by atoms with E-state index in [0.717, 1.165) is 5.56 Å². The van der Waals surface area contributed by atoms with Crippen LogP contribution in [0.15, 0.2) is 59.5 Å². The maximum absolute atomic E-state index is 12.7. The molecule has 0 radical (unpaired) electrons. The highest BCUT2D eigenvalue weighted by Crippen LogP contribution is 2.27. The third-order valence-electron chi connectivity index (χ3n) is 4.24. The molecule has 0 saturated carbocycles. The van der Waals surface area contributed by atoms with Gasteiger partial charge in [-0.3, -0.25) is 19.1 Å². The maximum atomic E-state index is 12.7. The van der Waals surface area contributed by atoms with Crippen molar-refractivity contribution in [3.63, 3.8) is 0 Å². The fraction of sp³-hybridized carbons (Fsp3) is 0.200. The minimum Gasteiger partial charge on any atom is -0.451 e. The van der Waals surface area contributed by atoms with Crippen molar-refractivity contribution in [1.82, 2.24) is 24.5 Å². The Balaban J connectivity index is 1.62. The maximum Gasteiger partial charge on any atom is 0.291 e. The number of nitrogens with one attached hydrogen (secondary N) is 1. The summed E-state index contributed by atoms with van der Waals surface area (Å²) in [7, 11) is 1.82. The number of pyridine rings is 1. The van der Waals surface area contributed by atoms with Crippen LogP contribution < -0.4 is 5.32 Å². The van der Waals surface area contributed by atoms with E-state index in [9.17, 15) is 4.79 Å². The predicted octanol–water partition coefficient (Wildman–Crippen LogP) is 3.77. The highest BCUT2D eigenvalue weighted by Gasteiger charge is 2.19. The fourth-order valence-electron chi connectivity index (χ4n) is 2.79. The highest BCUT2D eigenvalue weighted by atomic mass is 16.3. The molecule has 0 aliphatic rings. The molecule has 1 amide bonds. The largest absolute Gasteiger partial charge is 0.451 e. The average molecular weight is 376 g/mol. The second-order valence-electron chi connectivity index (χ2n) is 6.70. The van der Waals surface area contributed by atoms with Gasteiger partial charge >= 0.3 is 0 Å². The Hall–Kier alpha value is -3.68. The quantitative estimate of drug-likeness (QED) is 0.572. The van der Waals surface area contributed by atoms with E-state index in [0.29, 0.717) is 22.8 Å². The number of furan rings is 1. The van der Waals surface area contributed by atoms with Crippen molar-refractivity contribution in [2.45, 2.75) is 19.9 Å². The molecule has 0 aliphatic carbocycles. The van der Waals surface area contributed by atoms with Crippen LogP contribution in [0.3, 0.4) is 0 Å². The Morgan fingerprint density at radius 1 is 1.18 bits per heavy atom. The lowest BCUT2D eigenvalue weighted by Gasteiger charge is -2.03. The van der Waals surface area contributed by atoms with Gasteiger partial charge in [-0.25, -0.2) is 0 Å². The summed E-state index contributed by atoms with van der Waals surface area (Å²) in [6.45, 7) is 4.04. The first-order valence-electron chi connectivity index (χ1n) is 8.92. The molecule has 0 aliphatic heterocycles. The van der Waals surface area contributed by atoms with Gasteiger partial charge in [0, 0.05) is 31.7 Å². The predicted molar refractivity (Wildman–Crippen MR) is 105 cm³/mol. The summed E-state index contributed by atoms with van der Waals surface area (Å²) in [4.78, 5) is 17.1. The highest BCUT2D eigenvalue weighted by molar-refractivity contribution is 6.04. The summed E-state index contributed by atoms with van der Waals surface area (Å²) in [6.07, 6.45) is 7.01. The lowest BCUT2D eigenvalue weighted by atomic mass is 10.2. The van der Waals surface area contributed by atoms with Crippen molar-refractivity contribution in [2.24, 2.45) is 7.05 Å². The van der Waals surface area contributed by atoms with Gasteiger partial charge in [-0.15, -0.1) is 0 Å². The molecule has 4 aromatic heterocycles. The van der Waals surface area contributed by atoms with Crippen molar-refractivity contribution < 1.29 is 9.21 Å². The van der Waals surface area contributed by atoms with Crippen LogP contribution in [0.2, 0.25) is 0 Å². The molecular weight excluding hydrogens is 356 g/mol. The van der Waals surface area contributed by atoms with Crippen LogP contribution in [0.25, 0.3) is 22.7 Å². The topological polar surface area (TPSA) is 90.8 Å². The molecule has 0 fully saturated rings. The first kappa shape index (κ1) is 17.7. The molecule has 0 unspecified atom stereocenters. The summed E-state index contributed by atoms with van der Waals surface area (Å²) in [5, 5.41) is 11.6. The van der Waals surface area contributed by atoms with E-state index in [1.54, 1.807) is 40.1 Å². The van der Waals surface area contributed by atoms with Crippen LogP contribution in [0.4, 0.5) is 5.69 Å². The van der Waals surface area contributed by atoms with Crippen LogP contribution in [0.1, 0.15) is 30.4 Å². The zero-order valence-corrected chi connectivity index (χ0v) is 15.8. The first-order valence-corrected chi connectivity index (χ1v) is 8.92. The summed E-state index contributed by atoms with van der Waals surface area (Å²) in [5.41, 5.74) is 2.69. The Morgan fingerprint density at radius 3 is 2.71 bits per heavy atom. The van der Waals surface area contributed by atoms with Crippen LogP contribution in [0, 0.1) is 0 Å². The molecule has 28 heavy (non-hydrogen) atoms. The minimum atomic E-state index is -0.351. The zero-order chi connectivity index (χ0) is 19.7. The van der Waals surface area contributed by atoms with Crippen molar-refractivity contribution in [2.75, 3.05) is 5.32 Å². The third-order valence-corrected chi connectivity index (χ3v) is 4.24. The second-order valence-corrected chi connectivity index (χ2v) is 6.70. The molecule has 4 aromatic rings. The molecule has 1 N–H and O–H groups in total. The Kier molecular flexibility index (Phi) is 4.52. The van der Waals surface area contributed by atoms with Gasteiger partial charge in [-0.2, -0.15) is 10.2 Å². The van der Waals surface area contributed by atoms with E-state index in [4.69, 9.17) is 4.42 Å². The Morgan fingerprint density at radius 2 is 2.04 bits per heavy atom. The minimum absolute atomic E-state index is 0.147. The van der Waals surface area contributed by atoms with Gasteiger partial charge in [0.15, 0.2) is 5.76 Å². The van der Waals surface area contributed by atoms with Gasteiger partial charge in [0.25, 0.3) is 5.91 Å². The van der Waals surface area contributed by atoms with Crippen molar-refractivity contribution in [3.05, 3.63) is 60.9 Å². The molecule has 4 heterocycles. The second kappa shape index (κ2) is 7.15. The van der Waals surface area contributed by atoms with Crippen molar-refractivity contribution in [3.8, 4) is 22.7 Å². The van der Waals surface area contributed by atoms with Crippen LogP contribution in [-0.2, 0) is 7.05 Å². The Labute approximate surface area is 161 Å². The van der Waals surface area contributed by atoms with E-state index in [1.807, 2.05) is 45.3 Å². The zero-order valence-electron chi connectivity index (χ0n) is 15.8. The number of carbonyl (C=O) groups is 1. The number of amides is 1. The van der Waals surface area contributed by atoms with E-state index in [2.05, 4.69) is 20.5 Å². The first-order chi connectivity index (χ1) is 13.5. The van der Waals surface area contributed by atoms with Crippen LogP contribution >= 0.6 is 0 Å². The van der Waals surface area contributed by atoms with E-state index in [1.165, 1.54) is 0 Å². The molecule has 142 valence electrons. The number of anilines is 1. The Bertz CT molecular complexity index is 1110. The van der Waals surface area contributed by atoms with E-state index in [-0.39, 0.29) is 17.7 Å². The van der Waals surface area contributed by atoms with Gasteiger partial charge < -0.3 is 9.73 Å². The molecule has 0 bridgehead atoms. The van der Waals surface area contributed by atoms with Crippen LogP contribution in [-0.4, -0.2) is 30.5 Å². The molecule has 4 rings (SSSR count). The van der Waals surface area contributed by atoms with E-state index < -0.39 is 0 Å². The van der Waals surface area contributed by atoms with Gasteiger partial charge in [0.2, 0.25) is 0 Å². The van der Waals surface area contributed by atoms with Crippen molar-refractivity contribution in [1.29, 1.82) is 0 Å². The SMILES string of the molecule is CC(C)n1cc(NC(=O)c2ccc(-c3cnn(C)c3)o2)c(-c2ccccn2)n1. The van der Waals surface area contributed by atoms with Crippen molar-refractivity contribution >= 4 is 11.6 Å². The monoisotopic (exact) mass is 376 g/mol. The molecular formula is C20H20N6O2. The normalized spacial score (nSPS) is 11.1. The summed E-state index contributed by atoms with van der Waals surface area (Å²) in [6, 6.07) is 9.12. The molecule has 0 aromatic carbocycles. The fourth-order valence-corrected chi connectivity index (χ4v) is 2.79. The van der Waals surface area contributed by atoms with Gasteiger partial charge in [-0.1, -0.05) is 6.07 Å². The lowest BCUT2D eigenvalue weighted by Crippen LogP contribution is -2.11. The number of rotatable bonds is 5. The molecule has 0 atom stereocenters. The molecule has 0 saturated heterocycles. The summed E-state index contributed by atoms with van der Waals surface area (Å²) in [5.74, 6) is 0.444. The smallest absolute Gasteiger partial charge is 0.291 e. The molecule has 8 nitrogen and oxygen atoms in total. The number of nitrogens with zero attached hydrogens (tertiary/aromatic N) is 5. The number of hydrogen-bond donors (Lipinski definition) is 1. The van der Waals surface area contributed by atoms with E-state index >= 15 is 0 Å². The van der Waals surface area contributed by atoms with Gasteiger partial charge in [-0.05, 0) is 38.1 Å². The molecule has 0 spiro atoms. The van der Waals surface area contributed by atoms with Gasteiger partial charge in [0.05, 0.1) is 23.1 Å². The molecule has 8 heteroatoms. The standard InChI is InChI=1S/C20H20N6O2/c1-13(2)26-12-16(19(24-26)15-6-4-5-9-21-15)23-20(27)18-8-7-17(28-18)14-10-22-25(3)11-14/h4-13H,1-3H3,(H,23,27). The summed E-state index contributed by atoms with van der Waals surface area (Å²) < 4.78 is 9.18. The number of aromatic nitrogens is 5. The van der Waals surface area contributed by atoms with Crippen LogP contribution in [0.5, 0.6) is 0 Å². The number of aryl methyl sites for hydroxylation is 1. The summed E-state index contributed by atoms with van der Waals surface area (Å²) >= 11 is 0. The number of hydrogen-bond acceptors (Lipinski definition) is 5. The number of carbonyl (C=O) groups excluding carboxylic acids is 1.